The van der Waals surface area contributed by atoms with Gasteiger partial charge in [0.25, 0.3) is 0 Å². The Kier molecular flexibility index (Phi) is 7.69. The van der Waals surface area contributed by atoms with Crippen LogP contribution in [0.2, 0.25) is 10.0 Å². The summed E-state index contributed by atoms with van der Waals surface area (Å²) in [6.07, 6.45) is 6.50. The molecule has 0 aromatic heterocycles. The number of rotatable bonds is 8. The highest BCUT2D eigenvalue weighted by atomic mass is 35.5. The van der Waals surface area contributed by atoms with E-state index in [1.54, 1.807) is 0 Å². The van der Waals surface area contributed by atoms with Crippen LogP contribution in [0.4, 0.5) is 0 Å². The lowest BCUT2D eigenvalue weighted by Crippen LogP contribution is -2.30. The Hall–Kier alpha value is -1.42. The number of halogens is 2. The molecule has 0 saturated heterocycles. The van der Waals surface area contributed by atoms with Crippen LogP contribution < -0.4 is 14.8 Å². The van der Waals surface area contributed by atoms with Crippen LogP contribution in [0.3, 0.4) is 0 Å². The fourth-order valence-electron chi connectivity index (χ4n) is 3.46. The highest BCUT2D eigenvalue weighted by Crippen LogP contribution is 2.37. The summed E-state index contributed by atoms with van der Waals surface area (Å²) in [6.45, 7) is 3.64. The van der Waals surface area contributed by atoms with Gasteiger partial charge in [-0.05, 0) is 43.5 Å². The molecule has 1 aliphatic carbocycles. The van der Waals surface area contributed by atoms with Gasteiger partial charge in [-0.1, -0.05) is 60.7 Å². The van der Waals surface area contributed by atoms with E-state index in [1.165, 1.54) is 32.1 Å². The molecular weight excluding hydrogens is 381 g/mol. The van der Waals surface area contributed by atoms with Crippen LogP contribution >= 0.6 is 23.2 Å². The first-order valence-corrected chi connectivity index (χ1v) is 10.5. The lowest BCUT2D eigenvalue weighted by molar-refractivity contribution is 0.269. The molecule has 27 heavy (non-hydrogen) atoms. The first kappa shape index (κ1) is 20.3. The van der Waals surface area contributed by atoms with Crippen LogP contribution in [-0.4, -0.2) is 12.6 Å². The molecule has 1 fully saturated rings. The molecule has 146 valence electrons. The van der Waals surface area contributed by atoms with Crippen LogP contribution in [0.5, 0.6) is 11.5 Å². The first-order chi connectivity index (χ1) is 13.2. The summed E-state index contributed by atoms with van der Waals surface area (Å²) < 4.78 is 11.8. The lowest BCUT2D eigenvalue weighted by Gasteiger charge is -2.23. The monoisotopic (exact) mass is 407 g/mol. The Morgan fingerprint density at radius 3 is 2.52 bits per heavy atom. The van der Waals surface area contributed by atoms with Crippen LogP contribution in [0, 0.1) is 0 Å². The Balaban J connectivity index is 1.70. The topological polar surface area (TPSA) is 30.5 Å². The second kappa shape index (κ2) is 10.2. The van der Waals surface area contributed by atoms with Crippen LogP contribution in [0.15, 0.2) is 36.4 Å². The zero-order valence-corrected chi connectivity index (χ0v) is 17.3. The van der Waals surface area contributed by atoms with Crippen molar-refractivity contribution < 1.29 is 9.47 Å². The normalized spacial score (nSPS) is 14.9. The molecule has 0 bridgehead atoms. The van der Waals surface area contributed by atoms with Crippen molar-refractivity contribution in [3.05, 3.63) is 57.6 Å². The summed E-state index contributed by atoms with van der Waals surface area (Å²) in [7, 11) is 0. The molecule has 3 nitrogen and oxygen atoms in total. The number of ether oxygens (including phenoxy) is 2. The molecule has 0 unspecified atom stereocenters. The van der Waals surface area contributed by atoms with Gasteiger partial charge in [0.05, 0.1) is 11.6 Å². The molecule has 0 amide bonds. The maximum absolute atomic E-state index is 6.53. The summed E-state index contributed by atoms with van der Waals surface area (Å²) >= 11 is 12.8. The van der Waals surface area contributed by atoms with E-state index in [9.17, 15) is 0 Å². The number of benzene rings is 2. The predicted octanol–water partition coefficient (Wildman–Crippen LogP) is 6.39. The van der Waals surface area contributed by atoms with E-state index >= 15 is 0 Å². The molecule has 1 saturated carbocycles. The minimum atomic E-state index is 0.346. The van der Waals surface area contributed by atoms with E-state index in [0.717, 1.165) is 17.7 Å². The minimum absolute atomic E-state index is 0.346. The summed E-state index contributed by atoms with van der Waals surface area (Å²) in [4.78, 5) is 0. The maximum atomic E-state index is 6.53. The van der Waals surface area contributed by atoms with Gasteiger partial charge in [-0.15, -0.1) is 0 Å². The first-order valence-electron chi connectivity index (χ1n) is 9.72. The zero-order valence-electron chi connectivity index (χ0n) is 15.8. The van der Waals surface area contributed by atoms with E-state index in [-0.39, 0.29) is 0 Å². The quantitative estimate of drug-likeness (QED) is 0.549. The molecule has 0 atom stereocenters. The molecule has 1 N–H and O–H groups in total. The number of hydrogen-bond donors (Lipinski definition) is 1. The predicted molar refractivity (Wildman–Crippen MR) is 112 cm³/mol. The van der Waals surface area contributed by atoms with Gasteiger partial charge < -0.3 is 14.8 Å². The van der Waals surface area contributed by atoms with E-state index in [1.807, 2.05) is 43.3 Å². The lowest BCUT2D eigenvalue weighted by atomic mass is 9.95. The van der Waals surface area contributed by atoms with Gasteiger partial charge in [-0.2, -0.15) is 0 Å². The molecular formula is C22H27Cl2NO2. The van der Waals surface area contributed by atoms with Crippen LogP contribution in [-0.2, 0) is 13.2 Å². The smallest absolute Gasteiger partial charge is 0.180 e. The number of hydrogen-bond acceptors (Lipinski definition) is 3. The van der Waals surface area contributed by atoms with E-state index in [4.69, 9.17) is 32.7 Å². The molecule has 0 aliphatic heterocycles. The third-order valence-corrected chi connectivity index (χ3v) is 5.55. The van der Waals surface area contributed by atoms with Gasteiger partial charge in [-0.3, -0.25) is 0 Å². The van der Waals surface area contributed by atoms with Gasteiger partial charge in [0, 0.05) is 23.2 Å². The van der Waals surface area contributed by atoms with Crippen molar-refractivity contribution in [2.24, 2.45) is 0 Å². The molecule has 0 radical (unpaired) electrons. The zero-order chi connectivity index (χ0) is 19.1. The molecule has 5 heteroatoms. The highest BCUT2D eigenvalue weighted by molar-refractivity contribution is 6.32. The van der Waals surface area contributed by atoms with Crippen molar-refractivity contribution >= 4 is 23.2 Å². The maximum Gasteiger partial charge on any atom is 0.180 e. The van der Waals surface area contributed by atoms with Crippen molar-refractivity contribution in [2.45, 2.75) is 58.2 Å². The fraction of sp³-hybridized carbons (Fsp3) is 0.455. The summed E-state index contributed by atoms with van der Waals surface area (Å²) in [5.74, 6) is 1.25. The van der Waals surface area contributed by atoms with Crippen LogP contribution in [0.25, 0.3) is 0 Å². The second-order valence-electron chi connectivity index (χ2n) is 6.93. The molecule has 2 aromatic carbocycles. The van der Waals surface area contributed by atoms with Gasteiger partial charge >= 0.3 is 0 Å². The van der Waals surface area contributed by atoms with Gasteiger partial charge in [0.15, 0.2) is 11.5 Å². The van der Waals surface area contributed by atoms with Crippen molar-refractivity contribution in [3.63, 3.8) is 0 Å². The SMILES string of the molecule is CCOc1cc(CNC2CCCCC2)cc(Cl)c1OCc1ccccc1Cl. The second-order valence-corrected chi connectivity index (χ2v) is 7.75. The third-order valence-electron chi connectivity index (χ3n) is 4.90. The van der Waals surface area contributed by atoms with Gasteiger partial charge in [-0.25, -0.2) is 0 Å². The summed E-state index contributed by atoms with van der Waals surface area (Å²) in [5, 5.41) is 4.89. The molecule has 0 heterocycles. The average Bonchev–Trinajstić information content (AvgIpc) is 2.68. The van der Waals surface area contributed by atoms with Crippen molar-refractivity contribution in [2.75, 3.05) is 6.61 Å². The standard InChI is InChI=1S/C22H27Cl2NO2/c1-2-26-21-13-16(14-25-18-9-4-3-5-10-18)12-20(24)22(21)27-15-17-8-6-7-11-19(17)23/h6-8,11-13,18,25H,2-5,9-10,14-15H2,1H3. The third kappa shape index (κ3) is 5.78. The Bertz CT molecular complexity index is 745. The number of nitrogens with one attached hydrogen (secondary N) is 1. The largest absolute Gasteiger partial charge is 0.490 e. The van der Waals surface area contributed by atoms with Gasteiger partial charge in [0.2, 0.25) is 0 Å². The molecule has 2 aromatic rings. The van der Waals surface area contributed by atoms with E-state index in [0.29, 0.717) is 40.8 Å². The Labute approximate surface area is 172 Å². The molecule has 3 rings (SSSR count). The van der Waals surface area contributed by atoms with Crippen LogP contribution in [0.1, 0.15) is 50.2 Å². The van der Waals surface area contributed by atoms with Crippen molar-refractivity contribution in [1.29, 1.82) is 0 Å². The van der Waals surface area contributed by atoms with Crippen molar-refractivity contribution in [1.82, 2.24) is 5.32 Å². The Morgan fingerprint density at radius 2 is 1.78 bits per heavy atom. The highest BCUT2D eigenvalue weighted by Gasteiger charge is 2.16. The van der Waals surface area contributed by atoms with Crippen molar-refractivity contribution in [3.8, 4) is 11.5 Å². The van der Waals surface area contributed by atoms with Gasteiger partial charge in [0.1, 0.15) is 6.61 Å². The Morgan fingerprint density at radius 1 is 1.00 bits per heavy atom. The molecule has 0 spiro atoms. The average molecular weight is 408 g/mol. The van der Waals surface area contributed by atoms with E-state index < -0.39 is 0 Å². The van der Waals surface area contributed by atoms with E-state index in [2.05, 4.69) is 5.32 Å². The molecule has 1 aliphatic rings. The summed E-state index contributed by atoms with van der Waals surface area (Å²) in [5.41, 5.74) is 2.03. The fourth-order valence-corrected chi connectivity index (χ4v) is 3.94. The summed E-state index contributed by atoms with van der Waals surface area (Å²) in [6, 6.07) is 12.2. The minimum Gasteiger partial charge on any atom is -0.490 e.